The van der Waals surface area contributed by atoms with Gasteiger partial charge in [-0.05, 0) is 37.1 Å². The van der Waals surface area contributed by atoms with Gasteiger partial charge in [0.05, 0.1) is 11.0 Å². The van der Waals surface area contributed by atoms with E-state index in [-0.39, 0.29) is 0 Å². The van der Waals surface area contributed by atoms with Crippen molar-refractivity contribution in [2.75, 3.05) is 18.0 Å². The van der Waals surface area contributed by atoms with Crippen LogP contribution in [0.3, 0.4) is 0 Å². The Kier molecular flexibility index (Phi) is 3.11. The summed E-state index contributed by atoms with van der Waals surface area (Å²) in [5.74, 6) is 1.71. The van der Waals surface area contributed by atoms with Gasteiger partial charge in [-0.25, -0.2) is 4.98 Å². The number of anilines is 1. The summed E-state index contributed by atoms with van der Waals surface area (Å²) in [6.07, 6.45) is 2.32. The number of rotatable bonds is 2. The van der Waals surface area contributed by atoms with Gasteiger partial charge in [0.25, 0.3) is 0 Å². The number of para-hydroxylation sites is 3. The van der Waals surface area contributed by atoms with Crippen LogP contribution in [0.2, 0.25) is 0 Å². The lowest BCUT2D eigenvalue weighted by atomic mass is 9.96. The minimum Gasteiger partial charge on any atom is -0.371 e. The lowest BCUT2D eigenvalue weighted by Gasteiger charge is -2.32. The lowest BCUT2D eigenvalue weighted by molar-refractivity contribution is 0.490. The maximum Gasteiger partial charge on any atom is 0.110 e. The number of benzene rings is 2. The van der Waals surface area contributed by atoms with E-state index >= 15 is 0 Å². The molecular weight excluding hydrogens is 258 g/mol. The van der Waals surface area contributed by atoms with Crippen LogP contribution in [0.25, 0.3) is 11.0 Å². The molecule has 0 saturated carbocycles. The molecule has 0 bridgehead atoms. The molecule has 1 N–H and O–H groups in total. The van der Waals surface area contributed by atoms with Crippen molar-refractivity contribution in [3.05, 3.63) is 60.4 Å². The number of fused-ring (bicyclic) bond motifs is 1. The Morgan fingerprint density at radius 2 is 1.62 bits per heavy atom. The number of imidazole rings is 1. The van der Waals surface area contributed by atoms with Gasteiger partial charge < -0.3 is 9.88 Å². The van der Waals surface area contributed by atoms with Crippen molar-refractivity contribution in [3.8, 4) is 0 Å². The molecule has 0 spiro atoms. The van der Waals surface area contributed by atoms with Crippen molar-refractivity contribution in [3.63, 3.8) is 0 Å². The average Bonchev–Trinajstić information content (AvgIpc) is 3.00. The van der Waals surface area contributed by atoms with E-state index in [2.05, 4.69) is 58.4 Å². The molecule has 3 nitrogen and oxygen atoms in total. The zero-order chi connectivity index (χ0) is 14.1. The predicted molar refractivity (Wildman–Crippen MR) is 86.7 cm³/mol. The number of nitrogens with one attached hydrogen (secondary N) is 1. The number of piperidine rings is 1. The summed E-state index contributed by atoms with van der Waals surface area (Å²) in [5, 5.41) is 0. The average molecular weight is 277 g/mol. The molecule has 2 heterocycles. The molecule has 21 heavy (non-hydrogen) atoms. The maximum atomic E-state index is 4.76. The highest BCUT2D eigenvalue weighted by atomic mass is 15.1. The van der Waals surface area contributed by atoms with Crippen molar-refractivity contribution in [1.29, 1.82) is 0 Å². The molecule has 4 rings (SSSR count). The van der Waals surface area contributed by atoms with E-state index in [0.717, 1.165) is 42.8 Å². The fourth-order valence-electron chi connectivity index (χ4n) is 3.22. The van der Waals surface area contributed by atoms with Crippen LogP contribution in [-0.2, 0) is 0 Å². The zero-order valence-corrected chi connectivity index (χ0v) is 12.0. The fourth-order valence-corrected chi connectivity index (χ4v) is 3.22. The molecule has 1 aliphatic heterocycles. The molecule has 1 aliphatic rings. The summed E-state index contributed by atoms with van der Waals surface area (Å²) in [6, 6.07) is 19.0. The summed E-state index contributed by atoms with van der Waals surface area (Å²) in [5.41, 5.74) is 3.57. The molecule has 1 fully saturated rings. The second-order valence-corrected chi connectivity index (χ2v) is 5.74. The highest BCUT2D eigenvalue weighted by Crippen LogP contribution is 2.29. The van der Waals surface area contributed by atoms with Gasteiger partial charge in [-0.1, -0.05) is 30.3 Å². The minimum absolute atomic E-state index is 0.553. The van der Waals surface area contributed by atoms with Crippen LogP contribution in [0.4, 0.5) is 5.69 Å². The number of hydrogen-bond acceptors (Lipinski definition) is 2. The highest BCUT2D eigenvalue weighted by molar-refractivity contribution is 5.74. The minimum atomic E-state index is 0.553. The number of H-pyrrole nitrogens is 1. The Hall–Kier alpha value is -2.29. The van der Waals surface area contributed by atoms with E-state index in [4.69, 9.17) is 4.98 Å². The predicted octanol–water partition coefficient (Wildman–Crippen LogP) is 3.95. The summed E-state index contributed by atoms with van der Waals surface area (Å²) in [6.45, 7) is 2.21. The molecule has 3 aromatic rings. The first kappa shape index (κ1) is 12.5. The Labute approximate surface area is 124 Å². The van der Waals surface area contributed by atoms with Crippen LogP contribution in [-0.4, -0.2) is 23.1 Å². The molecule has 0 atom stereocenters. The normalized spacial score (nSPS) is 16.5. The van der Waals surface area contributed by atoms with Crippen LogP contribution in [0.5, 0.6) is 0 Å². The lowest BCUT2D eigenvalue weighted by Crippen LogP contribution is -2.33. The third kappa shape index (κ3) is 2.40. The van der Waals surface area contributed by atoms with Gasteiger partial charge in [-0.3, -0.25) is 0 Å². The Balaban J connectivity index is 1.50. The molecular formula is C18H19N3. The fraction of sp³-hybridized carbons (Fsp3) is 0.278. The first-order valence-corrected chi connectivity index (χ1v) is 7.65. The Morgan fingerprint density at radius 3 is 2.38 bits per heavy atom. The molecule has 0 aliphatic carbocycles. The first-order chi connectivity index (χ1) is 10.4. The van der Waals surface area contributed by atoms with E-state index in [1.54, 1.807) is 0 Å². The van der Waals surface area contributed by atoms with Crippen molar-refractivity contribution < 1.29 is 0 Å². The first-order valence-electron chi connectivity index (χ1n) is 7.65. The van der Waals surface area contributed by atoms with Crippen LogP contribution in [0.1, 0.15) is 24.6 Å². The third-order valence-corrected chi connectivity index (χ3v) is 4.41. The maximum absolute atomic E-state index is 4.76. The summed E-state index contributed by atoms with van der Waals surface area (Å²) in [4.78, 5) is 10.7. The molecule has 0 radical (unpaired) electrons. The molecule has 1 aromatic heterocycles. The smallest absolute Gasteiger partial charge is 0.110 e. The van der Waals surface area contributed by atoms with Crippen LogP contribution >= 0.6 is 0 Å². The molecule has 0 amide bonds. The van der Waals surface area contributed by atoms with Crippen molar-refractivity contribution in [2.45, 2.75) is 18.8 Å². The van der Waals surface area contributed by atoms with Crippen LogP contribution in [0.15, 0.2) is 54.6 Å². The Morgan fingerprint density at radius 1 is 0.905 bits per heavy atom. The summed E-state index contributed by atoms with van der Waals surface area (Å²) in [7, 11) is 0. The third-order valence-electron chi connectivity index (χ3n) is 4.41. The highest BCUT2D eigenvalue weighted by Gasteiger charge is 2.23. The largest absolute Gasteiger partial charge is 0.371 e. The molecule has 1 saturated heterocycles. The van der Waals surface area contributed by atoms with E-state index in [9.17, 15) is 0 Å². The van der Waals surface area contributed by atoms with Gasteiger partial charge in [0.2, 0.25) is 0 Å². The van der Waals surface area contributed by atoms with Crippen molar-refractivity contribution >= 4 is 16.7 Å². The van der Waals surface area contributed by atoms with E-state index in [0.29, 0.717) is 5.92 Å². The molecule has 2 aromatic carbocycles. The summed E-state index contributed by atoms with van der Waals surface area (Å²) >= 11 is 0. The van der Waals surface area contributed by atoms with Crippen molar-refractivity contribution in [2.24, 2.45) is 0 Å². The van der Waals surface area contributed by atoms with Gasteiger partial charge >= 0.3 is 0 Å². The number of aromatic nitrogens is 2. The molecule has 0 unspecified atom stereocenters. The zero-order valence-electron chi connectivity index (χ0n) is 12.0. The number of nitrogens with zero attached hydrogens (tertiary/aromatic N) is 2. The standard InChI is InChI=1S/C18H19N3/c1-2-6-15(7-3-1)21-12-10-14(11-13-21)18-19-16-8-4-5-9-17(16)20-18/h1-9,14H,10-13H2,(H,19,20). The van der Waals surface area contributed by atoms with Crippen LogP contribution < -0.4 is 4.90 Å². The van der Waals surface area contributed by atoms with E-state index in [1.807, 2.05) is 6.07 Å². The van der Waals surface area contributed by atoms with Gasteiger partial charge in [0.1, 0.15) is 5.82 Å². The van der Waals surface area contributed by atoms with E-state index in [1.165, 1.54) is 5.69 Å². The number of hydrogen-bond donors (Lipinski definition) is 1. The molecule has 106 valence electrons. The Bertz CT molecular complexity index is 691. The van der Waals surface area contributed by atoms with Gasteiger partial charge in [-0.2, -0.15) is 0 Å². The quantitative estimate of drug-likeness (QED) is 0.769. The van der Waals surface area contributed by atoms with Gasteiger partial charge in [-0.15, -0.1) is 0 Å². The van der Waals surface area contributed by atoms with E-state index < -0.39 is 0 Å². The summed E-state index contributed by atoms with van der Waals surface area (Å²) < 4.78 is 0. The van der Waals surface area contributed by atoms with Gasteiger partial charge in [0.15, 0.2) is 0 Å². The van der Waals surface area contributed by atoms with Gasteiger partial charge in [0, 0.05) is 24.7 Å². The second kappa shape index (κ2) is 5.24. The van der Waals surface area contributed by atoms with Crippen molar-refractivity contribution in [1.82, 2.24) is 9.97 Å². The SMILES string of the molecule is c1ccc(N2CCC(c3nc4ccccc4[nH]3)CC2)cc1. The monoisotopic (exact) mass is 277 g/mol. The molecule has 3 heteroatoms. The number of aromatic amines is 1. The van der Waals surface area contributed by atoms with Crippen LogP contribution in [0, 0.1) is 0 Å². The topological polar surface area (TPSA) is 31.9 Å². The second-order valence-electron chi connectivity index (χ2n) is 5.74.